The van der Waals surface area contributed by atoms with Gasteiger partial charge in [-0.2, -0.15) is 0 Å². The number of hydrogen-bond donors (Lipinski definition) is 1. The van der Waals surface area contributed by atoms with Gasteiger partial charge in [0.05, 0.1) is 6.61 Å². The van der Waals surface area contributed by atoms with Crippen LogP contribution in [0, 0.1) is 5.92 Å². The van der Waals surface area contributed by atoms with Gasteiger partial charge in [-0.05, 0) is 32.6 Å². The minimum atomic E-state index is -0.997. The molecule has 0 aromatic carbocycles. The lowest BCUT2D eigenvalue weighted by Crippen LogP contribution is -2.56. The van der Waals surface area contributed by atoms with Crippen LogP contribution in [0.4, 0.5) is 4.79 Å². The Labute approximate surface area is 124 Å². The van der Waals surface area contributed by atoms with Crippen molar-refractivity contribution >= 4 is 18.0 Å². The molecule has 1 rings (SSSR count). The highest BCUT2D eigenvalue weighted by atomic mass is 16.5. The second-order valence-corrected chi connectivity index (χ2v) is 5.20. The van der Waals surface area contributed by atoms with E-state index >= 15 is 0 Å². The smallest absolute Gasteiger partial charge is 0.326 e. The van der Waals surface area contributed by atoms with Crippen molar-refractivity contribution in [1.82, 2.24) is 9.80 Å². The SMILES string of the molecule is CCOC(=O)CN(CC)C(=O)N1CCCC(C)C1C(=O)O. The van der Waals surface area contributed by atoms with Gasteiger partial charge in [0.15, 0.2) is 0 Å². The molecule has 0 aromatic rings. The summed E-state index contributed by atoms with van der Waals surface area (Å²) in [7, 11) is 0. The lowest BCUT2D eigenvalue weighted by molar-refractivity contribution is -0.145. The normalized spacial score (nSPS) is 21.8. The number of likely N-dealkylation sites (N-methyl/N-ethyl adjacent to an activating group) is 1. The summed E-state index contributed by atoms with van der Waals surface area (Å²) in [6.45, 7) is 6.11. The molecule has 0 radical (unpaired) electrons. The van der Waals surface area contributed by atoms with Gasteiger partial charge in [-0.3, -0.25) is 4.79 Å². The summed E-state index contributed by atoms with van der Waals surface area (Å²) >= 11 is 0. The number of aliphatic carboxylic acids is 1. The fourth-order valence-corrected chi connectivity index (χ4v) is 2.64. The summed E-state index contributed by atoms with van der Waals surface area (Å²) in [6, 6.07) is -1.24. The first-order valence-corrected chi connectivity index (χ1v) is 7.36. The van der Waals surface area contributed by atoms with Crippen LogP contribution in [-0.4, -0.2) is 65.2 Å². The van der Waals surface area contributed by atoms with Crippen LogP contribution in [0.1, 0.15) is 33.6 Å². The highest BCUT2D eigenvalue weighted by Gasteiger charge is 2.38. The van der Waals surface area contributed by atoms with E-state index in [4.69, 9.17) is 4.74 Å². The molecule has 7 nitrogen and oxygen atoms in total. The number of nitrogens with zero attached hydrogens (tertiary/aromatic N) is 2. The largest absolute Gasteiger partial charge is 0.480 e. The average molecular weight is 300 g/mol. The Morgan fingerprint density at radius 2 is 2.00 bits per heavy atom. The predicted octanol–water partition coefficient (Wildman–Crippen LogP) is 1.18. The molecule has 0 aliphatic carbocycles. The second-order valence-electron chi connectivity index (χ2n) is 5.20. The van der Waals surface area contributed by atoms with Crippen molar-refractivity contribution in [1.29, 1.82) is 0 Å². The van der Waals surface area contributed by atoms with Crippen LogP contribution in [0.3, 0.4) is 0 Å². The molecule has 1 aliphatic rings. The molecule has 2 unspecified atom stereocenters. The van der Waals surface area contributed by atoms with E-state index in [0.29, 0.717) is 13.1 Å². The number of carbonyl (C=O) groups is 3. The molecule has 1 aliphatic heterocycles. The number of hydrogen-bond acceptors (Lipinski definition) is 4. The van der Waals surface area contributed by atoms with Gasteiger partial charge in [0.1, 0.15) is 12.6 Å². The van der Waals surface area contributed by atoms with E-state index in [-0.39, 0.29) is 19.1 Å². The van der Waals surface area contributed by atoms with Crippen LogP contribution >= 0.6 is 0 Å². The predicted molar refractivity (Wildman–Crippen MR) is 75.8 cm³/mol. The second kappa shape index (κ2) is 7.85. The molecule has 7 heteroatoms. The zero-order valence-electron chi connectivity index (χ0n) is 12.9. The Hall–Kier alpha value is -1.79. The summed E-state index contributed by atoms with van der Waals surface area (Å²) in [5, 5.41) is 9.34. The fraction of sp³-hybridized carbons (Fsp3) is 0.786. The number of carboxylic acids is 1. The number of carbonyl (C=O) groups excluding carboxylic acids is 2. The maximum absolute atomic E-state index is 12.5. The monoisotopic (exact) mass is 300 g/mol. The molecule has 120 valence electrons. The van der Waals surface area contributed by atoms with Crippen molar-refractivity contribution in [2.45, 2.75) is 39.7 Å². The number of urea groups is 1. The lowest BCUT2D eigenvalue weighted by Gasteiger charge is -2.39. The van der Waals surface area contributed by atoms with Crippen LogP contribution in [0.15, 0.2) is 0 Å². The molecule has 21 heavy (non-hydrogen) atoms. The van der Waals surface area contributed by atoms with Gasteiger partial charge in [0.2, 0.25) is 0 Å². The van der Waals surface area contributed by atoms with E-state index in [1.807, 2.05) is 6.92 Å². The fourth-order valence-electron chi connectivity index (χ4n) is 2.64. The highest BCUT2D eigenvalue weighted by molar-refractivity contribution is 5.85. The molecule has 1 fully saturated rings. The first-order valence-electron chi connectivity index (χ1n) is 7.36. The van der Waals surface area contributed by atoms with Crippen molar-refractivity contribution in [2.24, 2.45) is 5.92 Å². The summed E-state index contributed by atoms with van der Waals surface area (Å²) in [5.41, 5.74) is 0. The van der Waals surface area contributed by atoms with Crippen LogP contribution in [0.25, 0.3) is 0 Å². The Morgan fingerprint density at radius 1 is 1.33 bits per heavy atom. The van der Waals surface area contributed by atoms with Gasteiger partial charge in [-0.15, -0.1) is 0 Å². The van der Waals surface area contributed by atoms with Crippen molar-refractivity contribution < 1.29 is 24.2 Å². The highest BCUT2D eigenvalue weighted by Crippen LogP contribution is 2.24. The number of rotatable bonds is 5. The van der Waals surface area contributed by atoms with E-state index in [9.17, 15) is 19.5 Å². The molecule has 2 atom stereocenters. The minimum Gasteiger partial charge on any atom is -0.480 e. The molecule has 2 amide bonds. The molecule has 0 saturated carbocycles. The number of esters is 1. The molecule has 1 saturated heterocycles. The Morgan fingerprint density at radius 3 is 2.52 bits per heavy atom. The number of piperidine rings is 1. The van der Waals surface area contributed by atoms with Crippen molar-refractivity contribution in [3.05, 3.63) is 0 Å². The van der Waals surface area contributed by atoms with E-state index in [1.54, 1.807) is 13.8 Å². The quantitative estimate of drug-likeness (QED) is 0.770. The Bertz CT molecular complexity index is 399. The molecule has 0 spiro atoms. The summed E-state index contributed by atoms with van der Waals surface area (Å²) in [6.07, 6.45) is 1.55. The first kappa shape index (κ1) is 17.3. The maximum Gasteiger partial charge on any atom is 0.326 e. The molecule has 0 aromatic heterocycles. The van der Waals surface area contributed by atoms with Gasteiger partial charge in [0.25, 0.3) is 0 Å². The number of likely N-dealkylation sites (tertiary alicyclic amines) is 1. The van der Waals surface area contributed by atoms with Gasteiger partial charge < -0.3 is 19.6 Å². The van der Waals surface area contributed by atoms with E-state index in [1.165, 1.54) is 9.80 Å². The third kappa shape index (κ3) is 4.34. The van der Waals surface area contributed by atoms with Gasteiger partial charge in [-0.1, -0.05) is 6.92 Å². The Balaban J connectivity index is 2.81. The van der Waals surface area contributed by atoms with E-state index in [2.05, 4.69) is 0 Å². The van der Waals surface area contributed by atoms with Crippen molar-refractivity contribution in [3.63, 3.8) is 0 Å². The number of carboxylic acid groups (broad SMARTS) is 1. The first-order chi connectivity index (χ1) is 9.92. The lowest BCUT2D eigenvalue weighted by atomic mass is 9.91. The van der Waals surface area contributed by atoms with Crippen LogP contribution < -0.4 is 0 Å². The topological polar surface area (TPSA) is 87.2 Å². The summed E-state index contributed by atoms with van der Waals surface area (Å²) in [4.78, 5) is 38.1. The van der Waals surface area contributed by atoms with Crippen LogP contribution in [-0.2, 0) is 14.3 Å². The van der Waals surface area contributed by atoms with E-state index < -0.39 is 24.0 Å². The standard InChI is InChI=1S/C14H24N2O5/c1-4-15(9-11(17)21-5-2)14(20)16-8-6-7-10(3)12(16)13(18)19/h10,12H,4-9H2,1-3H3,(H,18,19). The maximum atomic E-state index is 12.5. The third-order valence-electron chi connectivity index (χ3n) is 3.71. The van der Waals surface area contributed by atoms with Crippen LogP contribution in [0.2, 0.25) is 0 Å². The van der Waals surface area contributed by atoms with Gasteiger partial charge >= 0.3 is 18.0 Å². The van der Waals surface area contributed by atoms with Gasteiger partial charge in [0, 0.05) is 13.1 Å². The number of amides is 2. The van der Waals surface area contributed by atoms with Gasteiger partial charge in [-0.25, -0.2) is 9.59 Å². The summed E-state index contributed by atoms with van der Waals surface area (Å²) < 4.78 is 4.84. The van der Waals surface area contributed by atoms with Crippen molar-refractivity contribution in [2.75, 3.05) is 26.2 Å². The van der Waals surface area contributed by atoms with Crippen LogP contribution in [0.5, 0.6) is 0 Å². The molecular formula is C14H24N2O5. The Kier molecular flexibility index (Phi) is 6.45. The molecule has 0 bridgehead atoms. The minimum absolute atomic E-state index is 0.0958. The zero-order valence-corrected chi connectivity index (χ0v) is 12.9. The molecular weight excluding hydrogens is 276 g/mol. The summed E-state index contributed by atoms with van der Waals surface area (Å²) in [5.74, 6) is -1.58. The molecule has 1 N–H and O–H groups in total. The third-order valence-corrected chi connectivity index (χ3v) is 3.71. The van der Waals surface area contributed by atoms with Crippen molar-refractivity contribution in [3.8, 4) is 0 Å². The van der Waals surface area contributed by atoms with E-state index in [0.717, 1.165) is 12.8 Å². The number of ether oxygens (including phenoxy) is 1. The molecule has 1 heterocycles. The zero-order chi connectivity index (χ0) is 16.0. The average Bonchev–Trinajstić information content (AvgIpc) is 2.43.